The second kappa shape index (κ2) is 5.26. The lowest BCUT2D eigenvalue weighted by Crippen LogP contribution is -2.52. The fourth-order valence-electron chi connectivity index (χ4n) is 3.04. The van der Waals surface area contributed by atoms with Crippen molar-refractivity contribution in [3.8, 4) is 5.75 Å². The van der Waals surface area contributed by atoms with Crippen molar-refractivity contribution < 1.29 is 9.90 Å². The van der Waals surface area contributed by atoms with Gasteiger partial charge in [-0.1, -0.05) is 15.9 Å². The van der Waals surface area contributed by atoms with Gasteiger partial charge in [0.25, 0.3) is 0 Å². The molecule has 0 bridgehead atoms. The number of fused-ring (bicyclic) bond motifs is 1. The molecule has 2 N–H and O–H groups in total. The molecule has 2 unspecified atom stereocenters. The summed E-state index contributed by atoms with van der Waals surface area (Å²) in [5.74, 6) is 0.323. The molecule has 20 heavy (non-hydrogen) atoms. The summed E-state index contributed by atoms with van der Waals surface area (Å²) in [6, 6.07) is 5.94. The zero-order chi connectivity index (χ0) is 14.3. The first-order valence-corrected chi connectivity index (χ1v) is 7.62. The van der Waals surface area contributed by atoms with Crippen LogP contribution in [0.3, 0.4) is 0 Å². The first-order chi connectivity index (χ1) is 9.56. The number of nitrogens with zero attached hydrogens (tertiary/aromatic N) is 2. The SMILES string of the molecule is CC(c1cc(Br)ccc1O)N1CCN2C(=O)NCC2C1. The van der Waals surface area contributed by atoms with Crippen LogP contribution in [0.25, 0.3) is 0 Å². The standard InChI is InChI=1S/C14H18BrN3O2/c1-9(12-6-10(15)2-3-13(12)19)17-4-5-18-11(8-17)7-16-14(18)20/h2-3,6,9,11,19H,4-5,7-8H2,1H3,(H,16,20). The third kappa shape index (κ3) is 2.38. The van der Waals surface area contributed by atoms with Crippen molar-refractivity contribution in [2.45, 2.75) is 19.0 Å². The average molecular weight is 340 g/mol. The van der Waals surface area contributed by atoms with Gasteiger partial charge in [0.15, 0.2) is 0 Å². The number of aromatic hydroxyl groups is 1. The van der Waals surface area contributed by atoms with Crippen molar-refractivity contribution in [2.75, 3.05) is 26.2 Å². The van der Waals surface area contributed by atoms with Crippen LogP contribution in [-0.2, 0) is 0 Å². The Morgan fingerprint density at radius 2 is 2.25 bits per heavy atom. The van der Waals surface area contributed by atoms with E-state index in [1.807, 2.05) is 17.0 Å². The molecule has 6 heteroatoms. The van der Waals surface area contributed by atoms with Gasteiger partial charge in [-0.05, 0) is 25.1 Å². The van der Waals surface area contributed by atoms with E-state index in [1.165, 1.54) is 0 Å². The number of benzene rings is 1. The average Bonchev–Trinajstić information content (AvgIpc) is 2.82. The second-order valence-corrected chi connectivity index (χ2v) is 6.32. The molecule has 0 aromatic heterocycles. The van der Waals surface area contributed by atoms with Crippen LogP contribution < -0.4 is 5.32 Å². The van der Waals surface area contributed by atoms with Gasteiger partial charge in [0.2, 0.25) is 0 Å². The first-order valence-electron chi connectivity index (χ1n) is 6.83. The van der Waals surface area contributed by atoms with Gasteiger partial charge in [-0.15, -0.1) is 0 Å². The number of amides is 2. The summed E-state index contributed by atoms with van der Waals surface area (Å²) in [4.78, 5) is 15.8. The van der Waals surface area contributed by atoms with Crippen LogP contribution in [0.4, 0.5) is 4.79 Å². The summed E-state index contributed by atoms with van der Waals surface area (Å²) < 4.78 is 0.966. The number of carbonyl (C=O) groups is 1. The minimum absolute atomic E-state index is 0.0487. The van der Waals surface area contributed by atoms with E-state index in [0.717, 1.165) is 29.7 Å². The van der Waals surface area contributed by atoms with Gasteiger partial charge in [-0.2, -0.15) is 0 Å². The number of nitrogens with one attached hydrogen (secondary N) is 1. The largest absolute Gasteiger partial charge is 0.508 e. The van der Waals surface area contributed by atoms with E-state index < -0.39 is 0 Å². The molecule has 2 atom stereocenters. The number of halogens is 1. The van der Waals surface area contributed by atoms with E-state index in [4.69, 9.17) is 0 Å². The van der Waals surface area contributed by atoms with Gasteiger partial charge in [0.1, 0.15) is 5.75 Å². The molecule has 2 aliphatic heterocycles. The highest BCUT2D eigenvalue weighted by Crippen LogP contribution is 2.32. The summed E-state index contributed by atoms with van der Waals surface area (Å²) in [6.07, 6.45) is 0. The molecule has 2 heterocycles. The predicted molar refractivity (Wildman–Crippen MR) is 79.7 cm³/mol. The normalized spacial score (nSPS) is 24.4. The van der Waals surface area contributed by atoms with Crippen LogP contribution in [0.15, 0.2) is 22.7 Å². The summed E-state index contributed by atoms with van der Waals surface area (Å²) in [5, 5.41) is 12.9. The molecule has 1 aromatic rings. The summed E-state index contributed by atoms with van der Waals surface area (Å²) in [6.45, 7) is 5.23. The Labute approximate surface area is 126 Å². The van der Waals surface area contributed by atoms with Crippen molar-refractivity contribution in [1.82, 2.24) is 15.1 Å². The molecule has 1 aromatic carbocycles. The second-order valence-electron chi connectivity index (χ2n) is 5.41. The number of piperazine rings is 1. The molecule has 0 spiro atoms. The summed E-state index contributed by atoms with van der Waals surface area (Å²) >= 11 is 3.45. The maximum atomic E-state index is 11.6. The molecule has 0 saturated carbocycles. The highest BCUT2D eigenvalue weighted by molar-refractivity contribution is 9.10. The van der Waals surface area contributed by atoms with Crippen molar-refractivity contribution in [2.24, 2.45) is 0 Å². The van der Waals surface area contributed by atoms with Crippen LogP contribution in [0.1, 0.15) is 18.5 Å². The zero-order valence-corrected chi connectivity index (χ0v) is 12.9. The van der Waals surface area contributed by atoms with Crippen molar-refractivity contribution in [3.05, 3.63) is 28.2 Å². The van der Waals surface area contributed by atoms with Crippen LogP contribution >= 0.6 is 15.9 Å². The third-order valence-electron chi connectivity index (χ3n) is 4.25. The topological polar surface area (TPSA) is 55.8 Å². The van der Waals surface area contributed by atoms with Crippen LogP contribution in [0.5, 0.6) is 5.75 Å². The van der Waals surface area contributed by atoms with Crippen molar-refractivity contribution in [3.63, 3.8) is 0 Å². The number of phenols is 1. The van der Waals surface area contributed by atoms with Gasteiger partial charge >= 0.3 is 6.03 Å². The maximum Gasteiger partial charge on any atom is 0.317 e. The monoisotopic (exact) mass is 339 g/mol. The predicted octanol–water partition coefficient (Wildman–Crippen LogP) is 1.93. The maximum absolute atomic E-state index is 11.6. The fourth-order valence-corrected chi connectivity index (χ4v) is 3.42. The molecule has 2 saturated heterocycles. The van der Waals surface area contributed by atoms with Crippen LogP contribution in [0, 0.1) is 0 Å². The molecule has 2 amide bonds. The highest BCUT2D eigenvalue weighted by Gasteiger charge is 2.37. The third-order valence-corrected chi connectivity index (χ3v) is 4.74. The number of hydrogen-bond donors (Lipinski definition) is 2. The lowest BCUT2D eigenvalue weighted by atomic mass is 10.0. The van der Waals surface area contributed by atoms with Crippen LogP contribution in [-0.4, -0.2) is 53.2 Å². The molecule has 2 aliphatic rings. The minimum atomic E-state index is 0.0487. The van der Waals surface area contributed by atoms with Crippen LogP contribution in [0.2, 0.25) is 0 Å². The Morgan fingerprint density at radius 3 is 3.05 bits per heavy atom. The first kappa shape index (κ1) is 13.7. The Bertz CT molecular complexity index is 537. The lowest BCUT2D eigenvalue weighted by Gasteiger charge is -2.39. The quantitative estimate of drug-likeness (QED) is 0.865. The van der Waals surface area contributed by atoms with Crippen molar-refractivity contribution in [1.29, 1.82) is 0 Å². The minimum Gasteiger partial charge on any atom is -0.508 e. The van der Waals surface area contributed by atoms with Gasteiger partial charge in [-0.3, -0.25) is 4.90 Å². The van der Waals surface area contributed by atoms with Gasteiger partial charge in [0, 0.05) is 42.3 Å². The smallest absolute Gasteiger partial charge is 0.317 e. The van der Waals surface area contributed by atoms with E-state index in [2.05, 4.69) is 33.1 Å². The summed E-state index contributed by atoms with van der Waals surface area (Å²) in [7, 11) is 0. The zero-order valence-electron chi connectivity index (χ0n) is 11.3. The molecule has 3 rings (SSSR count). The van der Waals surface area contributed by atoms with E-state index in [9.17, 15) is 9.90 Å². The Morgan fingerprint density at radius 1 is 1.45 bits per heavy atom. The molecular formula is C14H18BrN3O2. The molecule has 2 fully saturated rings. The Balaban J connectivity index is 1.76. The number of urea groups is 1. The summed E-state index contributed by atoms with van der Waals surface area (Å²) in [5.41, 5.74) is 0.921. The van der Waals surface area contributed by atoms with E-state index in [1.54, 1.807) is 6.07 Å². The van der Waals surface area contributed by atoms with E-state index in [-0.39, 0.29) is 18.1 Å². The number of phenolic OH excluding ortho intramolecular Hbond substituents is 1. The number of carbonyl (C=O) groups excluding carboxylic acids is 1. The highest BCUT2D eigenvalue weighted by atomic mass is 79.9. The van der Waals surface area contributed by atoms with E-state index in [0.29, 0.717) is 12.3 Å². The molecule has 0 radical (unpaired) electrons. The number of rotatable bonds is 2. The lowest BCUT2D eigenvalue weighted by molar-refractivity contribution is 0.0929. The van der Waals surface area contributed by atoms with Gasteiger partial charge < -0.3 is 15.3 Å². The molecule has 5 nitrogen and oxygen atoms in total. The van der Waals surface area contributed by atoms with Crippen molar-refractivity contribution >= 4 is 22.0 Å². The molecule has 0 aliphatic carbocycles. The Hall–Kier alpha value is -1.27. The fraction of sp³-hybridized carbons (Fsp3) is 0.500. The number of hydrogen-bond acceptors (Lipinski definition) is 3. The van der Waals surface area contributed by atoms with Gasteiger partial charge in [0.05, 0.1) is 6.04 Å². The molecular weight excluding hydrogens is 322 g/mol. The molecule has 108 valence electrons. The Kier molecular flexibility index (Phi) is 3.60. The van der Waals surface area contributed by atoms with E-state index >= 15 is 0 Å². The van der Waals surface area contributed by atoms with Gasteiger partial charge in [-0.25, -0.2) is 4.79 Å².